The zero-order valence-electron chi connectivity index (χ0n) is 18.1. The predicted molar refractivity (Wildman–Crippen MR) is 120 cm³/mol. The second kappa shape index (κ2) is 9.18. The maximum Gasteiger partial charge on any atom is 0.421 e. The minimum Gasteiger partial charge on any atom is -0.321 e. The van der Waals surface area contributed by atoms with E-state index >= 15 is 0 Å². The van der Waals surface area contributed by atoms with Gasteiger partial charge in [-0.1, -0.05) is 35.1 Å². The maximum atomic E-state index is 13.7. The van der Waals surface area contributed by atoms with Crippen LogP contribution in [0.3, 0.4) is 0 Å². The van der Waals surface area contributed by atoms with Gasteiger partial charge < -0.3 is 10.6 Å². The fraction of sp³-hybridized carbons (Fsp3) is 0.227. The molecule has 174 valence electrons. The molecule has 2 aromatic carbocycles. The highest BCUT2D eigenvalue weighted by Crippen LogP contribution is 2.37. The minimum atomic E-state index is -5.00. The number of nitrogens with one attached hydrogen (secondary N) is 3. The van der Waals surface area contributed by atoms with Crippen LogP contribution in [0.1, 0.15) is 37.6 Å². The summed E-state index contributed by atoms with van der Waals surface area (Å²) in [5.74, 6) is -1.94. The number of alkyl halides is 3. The molecule has 1 heterocycles. The minimum absolute atomic E-state index is 0.00235. The van der Waals surface area contributed by atoms with Gasteiger partial charge in [0.2, 0.25) is 0 Å². The van der Waals surface area contributed by atoms with Crippen molar-refractivity contribution in [1.82, 2.24) is 4.98 Å². The van der Waals surface area contributed by atoms with Crippen molar-refractivity contribution >= 4 is 39.8 Å². The Labute approximate surface area is 191 Å². The highest BCUT2D eigenvalue weighted by atomic mass is 32.1. The smallest absolute Gasteiger partial charge is 0.321 e. The summed E-state index contributed by atoms with van der Waals surface area (Å²) in [6.45, 7) is 7.25. The number of urea groups is 1. The van der Waals surface area contributed by atoms with Gasteiger partial charge in [0.15, 0.2) is 5.13 Å². The van der Waals surface area contributed by atoms with Crippen LogP contribution in [0.15, 0.2) is 30.3 Å². The summed E-state index contributed by atoms with van der Waals surface area (Å²) in [5.41, 5.74) is 1.50. The van der Waals surface area contributed by atoms with Crippen LogP contribution in [0.4, 0.5) is 38.9 Å². The van der Waals surface area contributed by atoms with Gasteiger partial charge in [-0.05, 0) is 51.0 Å². The van der Waals surface area contributed by atoms with Crippen LogP contribution in [0.2, 0.25) is 0 Å². The first-order valence-corrected chi connectivity index (χ1v) is 10.5. The van der Waals surface area contributed by atoms with Crippen molar-refractivity contribution in [2.45, 2.75) is 33.9 Å². The molecule has 11 heteroatoms. The third kappa shape index (κ3) is 5.48. The SMILES string of the molecule is Cc1cc(C)c(NC(=O)c2sc(NC(=O)Nc3cccc(F)c3C(F)(F)F)nc2C)c(C)c1. The molecule has 0 aliphatic carbocycles. The molecule has 1 aromatic heterocycles. The topological polar surface area (TPSA) is 83.1 Å². The Kier molecular flexibility index (Phi) is 6.73. The quantitative estimate of drug-likeness (QED) is 0.376. The molecule has 6 nitrogen and oxygen atoms in total. The molecular weight excluding hydrogens is 460 g/mol. The van der Waals surface area contributed by atoms with Crippen LogP contribution in [0, 0.1) is 33.5 Å². The maximum absolute atomic E-state index is 13.7. The lowest BCUT2D eigenvalue weighted by Crippen LogP contribution is -2.22. The number of aromatic nitrogens is 1. The predicted octanol–water partition coefficient (Wildman–Crippen LogP) is 6.43. The molecule has 0 saturated carbocycles. The number of anilines is 3. The number of hydrogen-bond acceptors (Lipinski definition) is 4. The number of thiazole rings is 1. The molecule has 0 aliphatic heterocycles. The summed E-state index contributed by atoms with van der Waals surface area (Å²) in [7, 11) is 0. The zero-order valence-corrected chi connectivity index (χ0v) is 18.9. The van der Waals surface area contributed by atoms with Gasteiger partial charge in [0.25, 0.3) is 5.91 Å². The molecule has 0 aliphatic rings. The Balaban J connectivity index is 1.76. The largest absolute Gasteiger partial charge is 0.421 e. The van der Waals surface area contributed by atoms with Crippen LogP contribution in [0.25, 0.3) is 0 Å². The number of carbonyl (C=O) groups is 2. The molecule has 3 aromatic rings. The lowest BCUT2D eigenvalue weighted by Gasteiger charge is -2.14. The van der Waals surface area contributed by atoms with Crippen LogP contribution >= 0.6 is 11.3 Å². The van der Waals surface area contributed by atoms with E-state index in [4.69, 9.17) is 0 Å². The summed E-state index contributed by atoms with van der Waals surface area (Å²) in [6.07, 6.45) is -5.00. The Morgan fingerprint density at radius 2 is 1.61 bits per heavy atom. The number of carbonyl (C=O) groups excluding carboxylic acids is 2. The molecule has 3 N–H and O–H groups in total. The fourth-order valence-corrected chi connectivity index (χ4v) is 4.23. The first-order valence-electron chi connectivity index (χ1n) is 9.67. The molecule has 3 rings (SSSR count). The van der Waals surface area contributed by atoms with E-state index in [-0.39, 0.29) is 10.0 Å². The van der Waals surface area contributed by atoms with Crippen molar-refractivity contribution in [3.05, 3.63) is 69.0 Å². The van der Waals surface area contributed by atoms with E-state index in [0.717, 1.165) is 40.2 Å². The Morgan fingerprint density at radius 1 is 0.970 bits per heavy atom. The second-order valence-corrected chi connectivity index (χ2v) is 8.40. The summed E-state index contributed by atoms with van der Waals surface area (Å²) in [4.78, 5) is 29.3. The van der Waals surface area contributed by atoms with Gasteiger partial charge >= 0.3 is 12.2 Å². The Hall–Kier alpha value is -3.47. The van der Waals surface area contributed by atoms with E-state index in [2.05, 4.69) is 15.6 Å². The van der Waals surface area contributed by atoms with Gasteiger partial charge in [0.05, 0.1) is 11.4 Å². The van der Waals surface area contributed by atoms with Crippen LogP contribution in [-0.4, -0.2) is 16.9 Å². The molecule has 0 fully saturated rings. The van der Waals surface area contributed by atoms with Crippen molar-refractivity contribution in [3.63, 3.8) is 0 Å². The third-order valence-corrected chi connectivity index (χ3v) is 5.76. The molecule has 33 heavy (non-hydrogen) atoms. The summed E-state index contributed by atoms with van der Waals surface area (Å²) in [6, 6.07) is 5.44. The normalized spacial score (nSPS) is 11.3. The van der Waals surface area contributed by atoms with Crippen LogP contribution in [-0.2, 0) is 6.18 Å². The number of nitrogens with zero attached hydrogens (tertiary/aromatic N) is 1. The van der Waals surface area contributed by atoms with Gasteiger partial charge in [-0.25, -0.2) is 14.2 Å². The first kappa shape index (κ1) is 24.2. The standard InChI is InChI=1S/C22H20F4N4O2S/c1-10-8-11(2)17(12(3)9-10)29-19(31)18-13(4)27-21(33-18)30-20(32)28-15-7-5-6-14(23)16(15)22(24,25)26/h5-9H,1-4H3,(H,29,31)(H2,27,28,30,32). The number of rotatable bonds is 4. The van der Waals surface area contributed by atoms with Crippen molar-refractivity contribution in [2.24, 2.45) is 0 Å². The van der Waals surface area contributed by atoms with Crippen LogP contribution in [0.5, 0.6) is 0 Å². The highest BCUT2D eigenvalue weighted by molar-refractivity contribution is 7.17. The van der Waals surface area contributed by atoms with Gasteiger partial charge in [-0.15, -0.1) is 0 Å². The fourth-order valence-electron chi connectivity index (χ4n) is 3.38. The number of hydrogen-bond donors (Lipinski definition) is 3. The number of halogens is 4. The first-order chi connectivity index (χ1) is 15.4. The van der Waals surface area contributed by atoms with Crippen LogP contribution < -0.4 is 16.0 Å². The third-order valence-electron chi connectivity index (χ3n) is 4.68. The molecule has 0 bridgehead atoms. The molecule has 0 spiro atoms. The van der Waals surface area contributed by atoms with Gasteiger partial charge in [-0.2, -0.15) is 13.2 Å². The van der Waals surface area contributed by atoms with Crippen molar-refractivity contribution in [2.75, 3.05) is 16.0 Å². The van der Waals surface area contributed by atoms with E-state index in [9.17, 15) is 27.2 Å². The van der Waals surface area contributed by atoms with E-state index in [0.29, 0.717) is 17.4 Å². The van der Waals surface area contributed by atoms with E-state index in [1.54, 1.807) is 6.92 Å². The van der Waals surface area contributed by atoms with Gasteiger partial charge in [0, 0.05) is 5.69 Å². The molecular formula is C22H20F4N4O2S. The molecule has 3 amide bonds. The van der Waals surface area contributed by atoms with Gasteiger partial charge in [-0.3, -0.25) is 10.1 Å². The van der Waals surface area contributed by atoms with Crippen molar-refractivity contribution < 1.29 is 27.2 Å². The lowest BCUT2D eigenvalue weighted by atomic mass is 10.1. The monoisotopic (exact) mass is 480 g/mol. The lowest BCUT2D eigenvalue weighted by molar-refractivity contribution is -0.139. The van der Waals surface area contributed by atoms with E-state index in [1.807, 2.05) is 38.2 Å². The average Bonchev–Trinajstić information content (AvgIpc) is 3.03. The molecule has 0 radical (unpaired) electrons. The zero-order chi connectivity index (χ0) is 24.5. The number of amides is 3. The molecule has 0 atom stereocenters. The summed E-state index contributed by atoms with van der Waals surface area (Å²) in [5, 5.41) is 7.10. The van der Waals surface area contributed by atoms with Crippen molar-refractivity contribution in [3.8, 4) is 0 Å². The van der Waals surface area contributed by atoms with Gasteiger partial charge in [0.1, 0.15) is 16.3 Å². The molecule has 0 unspecified atom stereocenters. The Bertz CT molecular complexity index is 1210. The van der Waals surface area contributed by atoms with E-state index < -0.39 is 35.2 Å². The average molecular weight is 480 g/mol. The highest BCUT2D eigenvalue weighted by Gasteiger charge is 2.37. The van der Waals surface area contributed by atoms with Crippen molar-refractivity contribution in [1.29, 1.82) is 0 Å². The summed E-state index contributed by atoms with van der Waals surface area (Å²) >= 11 is 0.862. The number of aryl methyl sites for hydroxylation is 4. The second-order valence-electron chi connectivity index (χ2n) is 7.40. The molecule has 0 saturated heterocycles. The number of benzene rings is 2. The summed E-state index contributed by atoms with van der Waals surface area (Å²) < 4.78 is 53.0. The Morgan fingerprint density at radius 3 is 2.21 bits per heavy atom. The van der Waals surface area contributed by atoms with E-state index in [1.165, 1.54) is 0 Å².